The Morgan fingerprint density at radius 1 is 1.29 bits per heavy atom. The molecule has 0 spiro atoms. The summed E-state index contributed by atoms with van der Waals surface area (Å²) in [6.07, 6.45) is 0.400. The van der Waals surface area contributed by atoms with E-state index < -0.39 is 0 Å². The first-order valence-corrected chi connectivity index (χ1v) is 8.52. The van der Waals surface area contributed by atoms with Gasteiger partial charge in [-0.25, -0.2) is 0 Å². The van der Waals surface area contributed by atoms with E-state index in [0.29, 0.717) is 6.54 Å². The van der Waals surface area contributed by atoms with Crippen LogP contribution in [0.2, 0.25) is 0 Å². The van der Waals surface area contributed by atoms with Gasteiger partial charge in [-0.3, -0.25) is 9.69 Å². The van der Waals surface area contributed by atoms with E-state index in [1.54, 1.807) is 0 Å². The van der Waals surface area contributed by atoms with Crippen LogP contribution in [-0.4, -0.2) is 54.9 Å². The van der Waals surface area contributed by atoms with Gasteiger partial charge in [0.15, 0.2) is 0 Å². The SMILES string of the molecule is CC1CN(CC(=O)N2CCSc3ccccc32)CC(C)O1. The Bertz CT molecular complexity index is 513. The first kappa shape index (κ1) is 14.9. The highest BCUT2D eigenvalue weighted by Crippen LogP contribution is 2.34. The van der Waals surface area contributed by atoms with Gasteiger partial charge in [-0.1, -0.05) is 12.1 Å². The Morgan fingerprint density at radius 2 is 2.00 bits per heavy atom. The molecule has 0 saturated carbocycles. The number of benzene rings is 1. The minimum Gasteiger partial charge on any atom is -0.373 e. The highest BCUT2D eigenvalue weighted by atomic mass is 32.2. The molecule has 1 saturated heterocycles. The number of nitrogens with zero attached hydrogens (tertiary/aromatic N) is 2. The molecule has 0 bridgehead atoms. The Hall–Kier alpha value is -1.04. The number of hydrogen-bond donors (Lipinski definition) is 0. The summed E-state index contributed by atoms with van der Waals surface area (Å²) in [5.74, 6) is 1.17. The van der Waals surface area contributed by atoms with Gasteiger partial charge in [0.2, 0.25) is 5.91 Å². The molecule has 114 valence electrons. The van der Waals surface area contributed by atoms with Crippen molar-refractivity contribution < 1.29 is 9.53 Å². The number of carbonyl (C=O) groups is 1. The van der Waals surface area contributed by atoms with Crippen molar-refractivity contribution in [3.8, 4) is 0 Å². The van der Waals surface area contributed by atoms with Gasteiger partial charge in [-0.15, -0.1) is 11.8 Å². The standard InChI is InChI=1S/C16H22N2O2S/c1-12-9-17(10-13(2)20-12)11-16(19)18-7-8-21-15-6-4-3-5-14(15)18/h3-6,12-13H,7-11H2,1-2H3. The first-order chi connectivity index (χ1) is 10.1. The minimum absolute atomic E-state index is 0.198. The van der Waals surface area contributed by atoms with Gasteiger partial charge in [0.05, 0.1) is 24.4 Å². The van der Waals surface area contributed by atoms with Crippen LogP contribution in [0.5, 0.6) is 0 Å². The molecule has 2 heterocycles. The van der Waals surface area contributed by atoms with E-state index in [-0.39, 0.29) is 18.1 Å². The third-order valence-corrected chi connectivity index (χ3v) is 4.93. The summed E-state index contributed by atoms with van der Waals surface area (Å²) < 4.78 is 5.73. The summed E-state index contributed by atoms with van der Waals surface area (Å²) in [5, 5.41) is 0. The quantitative estimate of drug-likeness (QED) is 0.839. The topological polar surface area (TPSA) is 32.8 Å². The lowest BCUT2D eigenvalue weighted by atomic mass is 10.2. The smallest absolute Gasteiger partial charge is 0.241 e. The summed E-state index contributed by atoms with van der Waals surface area (Å²) in [6.45, 7) is 7.09. The molecule has 2 atom stereocenters. The number of anilines is 1. The third kappa shape index (κ3) is 3.42. The highest BCUT2D eigenvalue weighted by molar-refractivity contribution is 7.99. The molecular formula is C16H22N2O2S. The lowest BCUT2D eigenvalue weighted by molar-refractivity contribution is -0.123. The van der Waals surface area contributed by atoms with E-state index in [2.05, 4.69) is 24.8 Å². The van der Waals surface area contributed by atoms with E-state index in [0.717, 1.165) is 31.1 Å². The number of fused-ring (bicyclic) bond motifs is 1. The second-order valence-electron chi connectivity index (χ2n) is 5.81. The van der Waals surface area contributed by atoms with Crippen molar-refractivity contribution in [2.75, 3.05) is 36.8 Å². The number of morpholine rings is 1. The fourth-order valence-electron chi connectivity index (χ4n) is 3.12. The summed E-state index contributed by atoms with van der Waals surface area (Å²) in [5.41, 5.74) is 1.06. The maximum atomic E-state index is 12.7. The van der Waals surface area contributed by atoms with Crippen molar-refractivity contribution in [2.24, 2.45) is 0 Å². The largest absolute Gasteiger partial charge is 0.373 e. The molecule has 1 amide bonds. The average molecular weight is 306 g/mol. The molecule has 1 aromatic rings. The average Bonchev–Trinajstić information content (AvgIpc) is 2.45. The van der Waals surface area contributed by atoms with Gasteiger partial charge < -0.3 is 9.64 Å². The number of para-hydroxylation sites is 1. The summed E-state index contributed by atoms with van der Waals surface area (Å²) in [6, 6.07) is 8.18. The zero-order valence-electron chi connectivity index (χ0n) is 12.6. The molecule has 0 aliphatic carbocycles. The second kappa shape index (κ2) is 6.38. The van der Waals surface area contributed by atoms with Crippen molar-refractivity contribution in [3.63, 3.8) is 0 Å². The van der Waals surface area contributed by atoms with Gasteiger partial charge >= 0.3 is 0 Å². The second-order valence-corrected chi connectivity index (χ2v) is 6.95. The molecule has 2 aliphatic rings. The molecule has 5 heteroatoms. The third-order valence-electron chi connectivity index (χ3n) is 3.88. The van der Waals surface area contributed by atoms with Crippen LogP contribution >= 0.6 is 11.8 Å². The molecule has 21 heavy (non-hydrogen) atoms. The van der Waals surface area contributed by atoms with Gasteiger partial charge in [0.1, 0.15) is 0 Å². The van der Waals surface area contributed by atoms with E-state index in [9.17, 15) is 4.79 Å². The Labute approximate surface area is 130 Å². The number of thioether (sulfide) groups is 1. The molecule has 0 radical (unpaired) electrons. The number of rotatable bonds is 2. The zero-order chi connectivity index (χ0) is 14.8. The molecule has 0 N–H and O–H groups in total. The molecular weight excluding hydrogens is 284 g/mol. The lowest BCUT2D eigenvalue weighted by Gasteiger charge is -2.36. The molecule has 1 aromatic carbocycles. The van der Waals surface area contributed by atoms with Crippen molar-refractivity contribution >= 4 is 23.4 Å². The number of ether oxygens (including phenoxy) is 1. The predicted molar refractivity (Wildman–Crippen MR) is 86.0 cm³/mol. The minimum atomic E-state index is 0.198. The maximum Gasteiger partial charge on any atom is 0.241 e. The van der Waals surface area contributed by atoms with Crippen LogP contribution in [0, 0.1) is 0 Å². The summed E-state index contributed by atoms with van der Waals surface area (Å²) in [7, 11) is 0. The van der Waals surface area contributed by atoms with E-state index in [1.165, 1.54) is 4.90 Å². The van der Waals surface area contributed by atoms with Crippen molar-refractivity contribution in [2.45, 2.75) is 31.0 Å². The highest BCUT2D eigenvalue weighted by Gasteiger charge is 2.28. The molecule has 2 aliphatic heterocycles. The van der Waals surface area contributed by atoms with Crippen LogP contribution in [-0.2, 0) is 9.53 Å². The van der Waals surface area contributed by atoms with Crippen molar-refractivity contribution in [3.05, 3.63) is 24.3 Å². The maximum absolute atomic E-state index is 12.7. The Kier molecular flexibility index (Phi) is 4.52. The fourth-order valence-corrected chi connectivity index (χ4v) is 4.11. The number of carbonyl (C=O) groups excluding carboxylic acids is 1. The molecule has 1 fully saturated rings. The van der Waals surface area contributed by atoms with Crippen LogP contribution < -0.4 is 4.90 Å². The zero-order valence-corrected chi connectivity index (χ0v) is 13.4. The van der Waals surface area contributed by atoms with E-state index in [4.69, 9.17) is 4.74 Å². The van der Waals surface area contributed by atoms with Crippen LogP contribution in [0.15, 0.2) is 29.2 Å². The lowest BCUT2D eigenvalue weighted by Crippen LogP contribution is -2.50. The first-order valence-electron chi connectivity index (χ1n) is 7.53. The number of amides is 1. The Balaban J connectivity index is 1.69. The van der Waals surface area contributed by atoms with Gasteiger partial charge in [-0.05, 0) is 26.0 Å². The molecule has 2 unspecified atom stereocenters. The van der Waals surface area contributed by atoms with Crippen molar-refractivity contribution in [1.82, 2.24) is 4.90 Å². The molecule has 4 nitrogen and oxygen atoms in total. The summed E-state index contributed by atoms with van der Waals surface area (Å²) >= 11 is 1.83. The van der Waals surface area contributed by atoms with Crippen LogP contribution in [0.4, 0.5) is 5.69 Å². The Morgan fingerprint density at radius 3 is 2.76 bits per heavy atom. The van der Waals surface area contributed by atoms with Crippen molar-refractivity contribution in [1.29, 1.82) is 0 Å². The van der Waals surface area contributed by atoms with Gasteiger partial charge in [0.25, 0.3) is 0 Å². The normalized spacial score (nSPS) is 26.5. The van der Waals surface area contributed by atoms with Crippen LogP contribution in [0.25, 0.3) is 0 Å². The van der Waals surface area contributed by atoms with Crippen LogP contribution in [0.3, 0.4) is 0 Å². The predicted octanol–water partition coefficient (Wildman–Crippen LogP) is 2.23. The van der Waals surface area contributed by atoms with Gasteiger partial charge in [0, 0.05) is 30.3 Å². The summed E-state index contributed by atoms with van der Waals surface area (Å²) in [4.78, 5) is 18.0. The molecule has 3 rings (SSSR count). The fraction of sp³-hybridized carbons (Fsp3) is 0.562. The number of hydrogen-bond acceptors (Lipinski definition) is 4. The van der Waals surface area contributed by atoms with E-state index in [1.807, 2.05) is 34.9 Å². The monoisotopic (exact) mass is 306 g/mol. The van der Waals surface area contributed by atoms with E-state index >= 15 is 0 Å². The molecule has 0 aromatic heterocycles. The van der Waals surface area contributed by atoms with Crippen LogP contribution in [0.1, 0.15) is 13.8 Å². The van der Waals surface area contributed by atoms with Gasteiger partial charge in [-0.2, -0.15) is 0 Å².